The summed E-state index contributed by atoms with van der Waals surface area (Å²) < 4.78 is 9.54. The van der Waals surface area contributed by atoms with Gasteiger partial charge in [-0.3, -0.25) is 29.3 Å². The lowest BCUT2D eigenvalue weighted by Gasteiger charge is -2.06. The van der Waals surface area contributed by atoms with Crippen molar-refractivity contribution in [1.82, 2.24) is 0 Å². The van der Waals surface area contributed by atoms with Gasteiger partial charge in [-0.25, -0.2) is 0 Å². The molecule has 0 saturated carbocycles. The number of anilines is 2. The Morgan fingerprint density at radius 3 is 1.84 bits per heavy atom. The van der Waals surface area contributed by atoms with Crippen LogP contribution in [0, 0.1) is 10.1 Å². The number of amides is 2. The largest absolute Gasteiger partial charge is 0.427 e. The van der Waals surface area contributed by atoms with Crippen LogP contribution in [0.15, 0.2) is 42.5 Å². The van der Waals surface area contributed by atoms with Gasteiger partial charge in [0.1, 0.15) is 5.75 Å². The molecule has 0 spiro atoms. The zero-order valence-electron chi connectivity index (χ0n) is 17.3. The number of ether oxygens (including phenoxy) is 2. The van der Waals surface area contributed by atoms with E-state index >= 15 is 0 Å². The maximum atomic E-state index is 10.8. The molecule has 2 amide bonds. The number of hydrogen-bond donors (Lipinski definition) is 2. The minimum Gasteiger partial charge on any atom is -0.427 e. The molecule has 0 aromatic heterocycles. The normalized spacial score (nSPS) is 9.42. The van der Waals surface area contributed by atoms with Crippen LogP contribution in [0.1, 0.15) is 27.7 Å². The van der Waals surface area contributed by atoms with Crippen molar-refractivity contribution >= 4 is 40.8 Å². The summed E-state index contributed by atoms with van der Waals surface area (Å²) in [6.45, 7) is 5.17. The minimum atomic E-state index is -0.673. The minimum absolute atomic E-state index is 0.162. The summed E-state index contributed by atoms with van der Waals surface area (Å²) in [5.41, 5.74) is 0.588. The molecule has 2 aromatic rings. The van der Waals surface area contributed by atoms with E-state index in [1.54, 1.807) is 24.3 Å². The standard InChI is InChI=1S/C10H10N2O5.C10H11NO3/c1-6(13)11-8-3-4-9(12(15)16)10(5-8)17-7(2)14;1-7(12)11-9-4-3-5-10(6-9)14-8(2)13/h3-5H,1-2H3,(H,11,13);3-6H,1-2H3,(H,11,12). The van der Waals surface area contributed by atoms with E-state index in [4.69, 9.17) is 9.47 Å². The fourth-order valence-electron chi connectivity index (χ4n) is 2.19. The molecule has 0 heterocycles. The van der Waals surface area contributed by atoms with Gasteiger partial charge in [0, 0.05) is 57.3 Å². The van der Waals surface area contributed by atoms with Gasteiger partial charge in [-0.1, -0.05) is 6.07 Å². The van der Waals surface area contributed by atoms with Crippen LogP contribution >= 0.6 is 0 Å². The van der Waals surface area contributed by atoms with Crippen LogP contribution in [0.4, 0.5) is 17.1 Å². The first kappa shape index (κ1) is 24.8. The van der Waals surface area contributed by atoms with Gasteiger partial charge in [0.15, 0.2) is 0 Å². The van der Waals surface area contributed by atoms with Crippen LogP contribution in [-0.4, -0.2) is 28.7 Å². The first-order chi connectivity index (χ1) is 14.5. The Labute approximate surface area is 177 Å². The predicted octanol–water partition coefficient (Wildman–Crippen LogP) is 3.05. The average molecular weight is 431 g/mol. The zero-order valence-corrected chi connectivity index (χ0v) is 17.3. The quantitative estimate of drug-likeness (QED) is 0.317. The fraction of sp³-hybridized carbons (Fsp3) is 0.200. The van der Waals surface area contributed by atoms with Crippen LogP contribution in [0.3, 0.4) is 0 Å². The van der Waals surface area contributed by atoms with Crippen molar-refractivity contribution in [3.8, 4) is 11.5 Å². The predicted molar refractivity (Wildman–Crippen MR) is 111 cm³/mol. The van der Waals surface area contributed by atoms with E-state index in [1.165, 1.54) is 32.9 Å². The molecule has 164 valence electrons. The third kappa shape index (κ3) is 9.65. The molecule has 0 aliphatic rings. The molecule has 0 radical (unpaired) electrons. The van der Waals surface area contributed by atoms with Crippen LogP contribution < -0.4 is 20.1 Å². The lowest BCUT2D eigenvalue weighted by molar-refractivity contribution is -0.385. The molecule has 2 rings (SSSR count). The Kier molecular flexibility index (Phi) is 9.31. The number of benzene rings is 2. The molecule has 2 aromatic carbocycles. The van der Waals surface area contributed by atoms with E-state index in [0.717, 1.165) is 13.0 Å². The van der Waals surface area contributed by atoms with Crippen molar-refractivity contribution in [3.05, 3.63) is 52.6 Å². The number of nitrogens with one attached hydrogen (secondary N) is 2. The molecule has 0 fully saturated rings. The molecule has 0 unspecified atom stereocenters. The summed E-state index contributed by atoms with van der Waals surface area (Å²) in [5.74, 6) is -1.33. The lowest BCUT2D eigenvalue weighted by atomic mass is 10.2. The van der Waals surface area contributed by atoms with Gasteiger partial charge in [-0.2, -0.15) is 0 Å². The van der Waals surface area contributed by atoms with Gasteiger partial charge in [0.05, 0.1) is 4.92 Å². The molecule has 11 heteroatoms. The van der Waals surface area contributed by atoms with Crippen molar-refractivity contribution in [3.63, 3.8) is 0 Å². The van der Waals surface area contributed by atoms with Gasteiger partial charge in [0.2, 0.25) is 17.6 Å². The van der Waals surface area contributed by atoms with Gasteiger partial charge >= 0.3 is 17.6 Å². The number of nitro groups is 1. The highest BCUT2D eigenvalue weighted by molar-refractivity contribution is 5.89. The first-order valence-electron chi connectivity index (χ1n) is 8.78. The number of esters is 2. The van der Waals surface area contributed by atoms with Gasteiger partial charge in [-0.15, -0.1) is 0 Å². The third-order valence-corrected chi connectivity index (χ3v) is 3.15. The second kappa shape index (κ2) is 11.7. The fourth-order valence-corrected chi connectivity index (χ4v) is 2.19. The topological polar surface area (TPSA) is 154 Å². The number of carbonyl (C=O) groups excluding carboxylic acids is 4. The van der Waals surface area contributed by atoms with Gasteiger partial charge in [-0.05, 0) is 18.2 Å². The molecule has 11 nitrogen and oxygen atoms in total. The molecular weight excluding hydrogens is 410 g/mol. The van der Waals surface area contributed by atoms with Crippen LogP contribution in [0.25, 0.3) is 0 Å². The smallest absolute Gasteiger partial charge is 0.311 e. The van der Waals surface area contributed by atoms with E-state index in [0.29, 0.717) is 17.1 Å². The maximum absolute atomic E-state index is 10.8. The SMILES string of the molecule is CC(=O)Nc1ccc([N+](=O)[O-])c(OC(C)=O)c1.CC(=O)Nc1cccc(OC(C)=O)c1. The van der Waals surface area contributed by atoms with Crippen molar-refractivity contribution in [2.45, 2.75) is 27.7 Å². The summed E-state index contributed by atoms with van der Waals surface area (Å²) >= 11 is 0. The Balaban J connectivity index is 0.000000316. The maximum Gasteiger partial charge on any atom is 0.311 e. The number of carbonyl (C=O) groups is 4. The van der Waals surface area contributed by atoms with E-state index in [2.05, 4.69) is 10.6 Å². The molecular formula is C20H21N3O8. The van der Waals surface area contributed by atoms with Gasteiger partial charge < -0.3 is 20.1 Å². The summed E-state index contributed by atoms with van der Waals surface area (Å²) in [5, 5.41) is 15.7. The van der Waals surface area contributed by atoms with E-state index in [1.807, 2.05) is 0 Å². The highest BCUT2D eigenvalue weighted by atomic mass is 16.6. The monoisotopic (exact) mass is 431 g/mol. The number of nitro benzene ring substituents is 1. The summed E-state index contributed by atoms with van der Waals surface area (Å²) in [4.78, 5) is 53.0. The average Bonchev–Trinajstić information content (AvgIpc) is 2.60. The number of hydrogen-bond acceptors (Lipinski definition) is 8. The number of nitrogens with zero attached hydrogens (tertiary/aromatic N) is 1. The highest BCUT2D eigenvalue weighted by Gasteiger charge is 2.17. The second-order valence-electron chi connectivity index (χ2n) is 6.02. The van der Waals surface area contributed by atoms with Crippen molar-refractivity contribution < 1.29 is 33.6 Å². The van der Waals surface area contributed by atoms with Crippen LogP contribution in [0.5, 0.6) is 11.5 Å². The summed E-state index contributed by atoms with van der Waals surface area (Å²) in [6, 6.07) is 10.4. The first-order valence-corrected chi connectivity index (χ1v) is 8.78. The molecule has 0 saturated heterocycles. The van der Waals surface area contributed by atoms with Crippen LogP contribution in [0.2, 0.25) is 0 Å². The molecule has 0 bridgehead atoms. The molecule has 0 atom stereocenters. The van der Waals surface area contributed by atoms with Crippen LogP contribution in [-0.2, 0) is 19.2 Å². The molecule has 31 heavy (non-hydrogen) atoms. The van der Waals surface area contributed by atoms with Crippen molar-refractivity contribution in [2.24, 2.45) is 0 Å². The van der Waals surface area contributed by atoms with E-state index in [-0.39, 0.29) is 29.2 Å². The molecule has 2 N–H and O–H groups in total. The zero-order chi connectivity index (χ0) is 23.6. The molecule has 0 aliphatic heterocycles. The molecule has 0 aliphatic carbocycles. The number of rotatable bonds is 5. The van der Waals surface area contributed by atoms with E-state index in [9.17, 15) is 29.3 Å². The Morgan fingerprint density at radius 2 is 1.35 bits per heavy atom. The van der Waals surface area contributed by atoms with Crippen molar-refractivity contribution in [2.75, 3.05) is 10.6 Å². The Morgan fingerprint density at radius 1 is 0.806 bits per heavy atom. The lowest BCUT2D eigenvalue weighted by Crippen LogP contribution is -2.08. The third-order valence-electron chi connectivity index (χ3n) is 3.15. The van der Waals surface area contributed by atoms with Crippen molar-refractivity contribution in [1.29, 1.82) is 0 Å². The van der Waals surface area contributed by atoms with Gasteiger partial charge in [0.25, 0.3) is 0 Å². The highest BCUT2D eigenvalue weighted by Crippen LogP contribution is 2.30. The summed E-state index contributed by atoms with van der Waals surface area (Å²) in [7, 11) is 0. The Hall–Kier alpha value is -4.28. The Bertz CT molecular complexity index is 972. The summed E-state index contributed by atoms with van der Waals surface area (Å²) in [6.07, 6.45) is 0. The second-order valence-corrected chi connectivity index (χ2v) is 6.02. The van der Waals surface area contributed by atoms with E-state index < -0.39 is 10.9 Å².